The molecule has 0 heterocycles. The zero-order chi connectivity index (χ0) is 33.4. The van der Waals surface area contributed by atoms with Gasteiger partial charge >= 0.3 is 0 Å². The molecule has 0 radical (unpaired) electrons. The van der Waals surface area contributed by atoms with Crippen LogP contribution in [0, 0.1) is 5.41 Å². The summed E-state index contributed by atoms with van der Waals surface area (Å²) in [6, 6.07) is 6.92. The van der Waals surface area contributed by atoms with Gasteiger partial charge in [0, 0.05) is 51.9 Å². The van der Waals surface area contributed by atoms with Crippen molar-refractivity contribution in [1.82, 2.24) is 0 Å². The van der Waals surface area contributed by atoms with Gasteiger partial charge in [-0.15, -0.1) is 6.58 Å². The van der Waals surface area contributed by atoms with E-state index in [1.54, 1.807) is 31.4 Å². The van der Waals surface area contributed by atoms with Gasteiger partial charge in [0.2, 0.25) is 11.6 Å². The fourth-order valence-electron chi connectivity index (χ4n) is 6.22. The third kappa shape index (κ3) is 12.1. The summed E-state index contributed by atoms with van der Waals surface area (Å²) in [6.45, 7) is 19.2. The second-order valence-electron chi connectivity index (χ2n) is 13.0. The Hall–Kier alpha value is -2.26. The molecular formula is C37H62O8. The number of benzene rings is 1. The molecule has 0 spiro atoms. The molecule has 1 aromatic carbocycles. The Morgan fingerprint density at radius 2 is 1.78 bits per heavy atom. The van der Waals surface area contributed by atoms with E-state index >= 15 is 0 Å². The van der Waals surface area contributed by atoms with Gasteiger partial charge in [0.1, 0.15) is 5.60 Å². The van der Waals surface area contributed by atoms with Gasteiger partial charge in [0.25, 0.3) is 5.95 Å². The van der Waals surface area contributed by atoms with Crippen LogP contribution in [0.25, 0.3) is 0 Å². The predicted octanol–water partition coefficient (Wildman–Crippen LogP) is 9.42. The Labute approximate surface area is 273 Å². The molecule has 1 aliphatic rings. The van der Waals surface area contributed by atoms with Crippen LogP contribution < -0.4 is 4.74 Å². The molecule has 2 rings (SSSR count). The number of phenols is 1. The Balaban J connectivity index is 2.50. The van der Waals surface area contributed by atoms with E-state index in [9.17, 15) is 5.11 Å². The summed E-state index contributed by atoms with van der Waals surface area (Å²) in [4.78, 5) is 0. The Bertz CT molecular complexity index is 1020. The van der Waals surface area contributed by atoms with Gasteiger partial charge in [0.15, 0.2) is 17.8 Å². The van der Waals surface area contributed by atoms with Crippen molar-refractivity contribution in [3.63, 3.8) is 0 Å². The van der Waals surface area contributed by atoms with E-state index in [4.69, 9.17) is 33.2 Å². The second-order valence-corrected chi connectivity index (χ2v) is 13.0. The first-order chi connectivity index (χ1) is 21.4. The summed E-state index contributed by atoms with van der Waals surface area (Å²) >= 11 is 0. The average molecular weight is 635 g/mol. The first-order valence-electron chi connectivity index (χ1n) is 17.0. The van der Waals surface area contributed by atoms with Crippen LogP contribution in [0.1, 0.15) is 119 Å². The van der Waals surface area contributed by atoms with Crippen LogP contribution in [0.15, 0.2) is 48.9 Å². The quantitative estimate of drug-likeness (QED) is 0.0552. The molecule has 1 N–H and O–H groups in total. The lowest BCUT2D eigenvalue weighted by Crippen LogP contribution is -2.55. The summed E-state index contributed by atoms with van der Waals surface area (Å²) in [7, 11) is 1.62. The van der Waals surface area contributed by atoms with Gasteiger partial charge in [-0.3, -0.25) is 0 Å². The third-order valence-electron chi connectivity index (χ3n) is 8.57. The smallest absolute Gasteiger partial charge is 0.284 e. The van der Waals surface area contributed by atoms with Gasteiger partial charge in [-0.2, -0.15) is 0 Å². The summed E-state index contributed by atoms with van der Waals surface area (Å²) in [5.41, 5.74) is -1.13. The maximum absolute atomic E-state index is 10.4. The highest BCUT2D eigenvalue weighted by molar-refractivity contribution is 5.38. The summed E-state index contributed by atoms with van der Waals surface area (Å²) in [6.07, 6.45) is 14.2. The molecule has 258 valence electrons. The average Bonchev–Trinajstić information content (AvgIpc) is 2.99. The lowest BCUT2D eigenvalue weighted by molar-refractivity contribution is -0.331. The Morgan fingerprint density at radius 3 is 2.42 bits per heavy atom. The van der Waals surface area contributed by atoms with E-state index in [2.05, 4.69) is 20.4 Å². The van der Waals surface area contributed by atoms with Crippen LogP contribution in [-0.4, -0.2) is 55.5 Å². The highest BCUT2D eigenvalue weighted by Crippen LogP contribution is 2.54. The molecule has 45 heavy (non-hydrogen) atoms. The number of rotatable bonds is 23. The monoisotopic (exact) mass is 634 g/mol. The fraction of sp³-hybridized carbons (Fsp3) is 0.730. The number of hydrogen-bond acceptors (Lipinski definition) is 8. The molecule has 8 heteroatoms. The maximum atomic E-state index is 10.4. The molecule has 3 atom stereocenters. The van der Waals surface area contributed by atoms with Crippen molar-refractivity contribution in [3.8, 4) is 11.5 Å². The number of methoxy groups -OCH3 is 1. The van der Waals surface area contributed by atoms with Crippen molar-refractivity contribution in [2.24, 2.45) is 5.41 Å². The molecule has 8 nitrogen and oxygen atoms in total. The minimum Gasteiger partial charge on any atom is -0.504 e. The molecule has 1 fully saturated rings. The number of hydrogen-bond donors (Lipinski definition) is 1. The normalized spacial score (nSPS) is 21.7. The first-order valence-corrected chi connectivity index (χ1v) is 17.0. The minimum absolute atomic E-state index is 0.0585. The fourth-order valence-corrected chi connectivity index (χ4v) is 6.22. The van der Waals surface area contributed by atoms with Crippen molar-refractivity contribution in [2.75, 3.05) is 26.9 Å². The SMILES string of the molecule is C=CCOC1(OC(=CC(C)(C)Oc2ccccc2O)OC(C)(C)OCCC(OC)OCC)CCCCC1(CC)CCCCCC. The van der Waals surface area contributed by atoms with E-state index in [0.717, 1.165) is 44.9 Å². The van der Waals surface area contributed by atoms with Crippen LogP contribution in [0.5, 0.6) is 11.5 Å². The third-order valence-corrected chi connectivity index (χ3v) is 8.57. The number of ether oxygens (including phenoxy) is 7. The van der Waals surface area contributed by atoms with Gasteiger partial charge in [-0.25, -0.2) is 0 Å². The zero-order valence-electron chi connectivity index (χ0n) is 29.5. The maximum Gasteiger partial charge on any atom is 0.284 e. The summed E-state index contributed by atoms with van der Waals surface area (Å²) in [5, 5.41) is 10.4. The van der Waals surface area contributed by atoms with E-state index in [0.29, 0.717) is 32.0 Å². The summed E-state index contributed by atoms with van der Waals surface area (Å²) < 4.78 is 43.9. The Morgan fingerprint density at radius 1 is 1.04 bits per heavy atom. The minimum atomic E-state index is -1.06. The number of para-hydroxylation sites is 2. The number of unbranched alkanes of at least 4 members (excludes halogenated alkanes) is 3. The van der Waals surface area contributed by atoms with Crippen molar-refractivity contribution >= 4 is 0 Å². The van der Waals surface area contributed by atoms with Gasteiger partial charge in [0.05, 0.1) is 13.2 Å². The molecule has 3 unspecified atom stereocenters. The van der Waals surface area contributed by atoms with Gasteiger partial charge in [-0.1, -0.05) is 64.2 Å². The summed E-state index contributed by atoms with van der Waals surface area (Å²) in [5.74, 6) is -1.31. The van der Waals surface area contributed by atoms with Crippen LogP contribution in [-0.2, 0) is 28.4 Å². The molecule has 0 amide bonds. The zero-order valence-corrected chi connectivity index (χ0v) is 29.5. The van der Waals surface area contributed by atoms with Crippen LogP contribution in [0.4, 0.5) is 0 Å². The van der Waals surface area contributed by atoms with Crippen LogP contribution >= 0.6 is 0 Å². The van der Waals surface area contributed by atoms with Crippen molar-refractivity contribution < 1.29 is 38.3 Å². The largest absolute Gasteiger partial charge is 0.504 e. The van der Waals surface area contributed by atoms with Gasteiger partial charge in [-0.05, 0) is 58.6 Å². The lowest BCUT2D eigenvalue weighted by Gasteiger charge is -2.53. The van der Waals surface area contributed by atoms with Gasteiger partial charge < -0.3 is 38.3 Å². The standard InChI is InChI=1S/C37H62O8/c1-10-14-15-18-24-36(12-3)25-19-20-26-37(36,42-27-11-2)45-33(29-34(5,6)43-31-22-17-16-21-30(31)38)44-35(7,8)41-28-23-32(39-9)40-13-4/h11,16-17,21-22,29,32,38H,2,10,12-15,18-20,23-28H2,1,3-9H3. The molecule has 0 saturated heterocycles. The number of phenolic OH excluding ortho intramolecular Hbond substituents is 1. The molecule has 0 aromatic heterocycles. The molecule has 0 bridgehead atoms. The van der Waals surface area contributed by atoms with Crippen LogP contribution in [0.3, 0.4) is 0 Å². The van der Waals surface area contributed by atoms with Crippen molar-refractivity contribution in [1.29, 1.82) is 0 Å². The molecular weight excluding hydrogens is 572 g/mol. The first kappa shape index (κ1) is 38.9. The molecule has 0 aliphatic heterocycles. The Kier molecular flexibility index (Phi) is 16.2. The van der Waals surface area contributed by atoms with E-state index in [-0.39, 0.29) is 23.4 Å². The topological polar surface area (TPSA) is 84.8 Å². The van der Waals surface area contributed by atoms with E-state index in [1.807, 2.05) is 46.8 Å². The second kappa shape index (κ2) is 18.8. The lowest BCUT2D eigenvalue weighted by atomic mass is 9.64. The molecule has 1 aromatic rings. The molecule has 1 aliphatic carbocycles. The van der Waals surface area contributed by atoms with Crippen molar-refractivity contribution in [2.45, 2.75) is 143 Å². The number of aromatic hydroxyl groups is 1. The van der Waals surface area contributed by atoms with E-state index < -0.39 is 17.2 Å². The molecule has 1 saturated carbocycles. The highest BCUT2D eigenvalue weighted by Gasteiger charge is 2.55. The van der Waals surface area contributed by atoms with Crippen LogP contribution in [0.2, 0.25) is 0 Å². The predicted molar refractivity (Wildman–Crippen MR) is 179 cm³/mol. The van der Waals surface area contributed by atoms with Crippen molar-refractivity contribution in [3.05, 3.63) is 48.9 Å². The van der Waals surface area contributed by atoms with E-state index in [1.165, 1.54) is 19.3 Å². The highest BCUT2D eigenvalue weighted by atomic mass is 16.8.